The van der Waals surface area contributed by atoms with Gasteiger partial charge in [-0.2, -0.15) is 0 Å². The minimum absolute atomic E-state index is 0.785. The Balaban J connectivity index is 2.24. The molecule has 0 amide bonds. The van der Waals surface area contributed by atoms with E-state index in [2.05, 4.69) is 24.8 Å². The SMILES string of the molecule is CSNC1CCCC(BC(C)C)C1. The average Bonchev–Trinajstić information content (AvgIpc) is 2.04. The topological polar surface area (TPSA) is 12.0 Å². The second kappa shape index (κ2) is 5.97. The molecule has 0 radical (unpaired) electrons. The van der Waals surface area contributed by atoms with Crippen LogP contribution in [0.4, 0.5) is 0 Å². The minimum Gasteiger partial charge on any atom is -0.261 e. The number of hydrogen-bond donors (Lipinski definition) is 1. The van der Waals surface area contributed by atoms with Gasteiger partial charge in [0.1, 0.15) is 7.28 Å². The van der Waals surface area contributed by atoms with Gasteiger partial charge in [0.15, 0.2) is 0 Å². The third-order valence-corrected chi connectivity index (χ3v) is 3.44. The van der Waals surface area contributed by atoms with Crippen molar-refractivity contribution < 1.29 is 0 Å². The Bertz CT molecular complexity index is 139. The van der Waals surface area contributed by atoms with E-state index in [1.165, 1.54) is 33.0 Å². The standard InChI is InChI=1S/C10H22BNS/c1-8(2)11-9-5-4-6-10(7-9)12-13-3/h8-12H,4-7H2,1-3H3. The predicted octanol–water partition coefficient (Wildman–Crippen LogP) is 2.85. The first-order valence-electron chi connectivity index (χ1n) is 5.51. The van der Waals surface area contributed by atoms with E-state index >= 15 is 0 Å². The van der Waals surface area contributed by atoms with Crippen LogP contribution in [0.5, 0.6) is 0 Å². The fourth-order valence-corrected chi connectivity index (χ4v) is 2.99. The molecule has 1 rings (SSSR count). The minimum atomic E-state index is 0.785. The Kier molecular flexibility index (Phi) is 5.26. The smallest absolute Gasteiger partial charge is 0.126 e. The highest BCUT2D eigenvalue weighted by Crippen LogP contribution is 2.31. The second-order valence-electron chi connectivity index (χ2n) is 4.68. The van der Waals surface area contributed by atoms with Crippen molar-refractivity contribution in [1.82, 2.24) is 4.72 Å². The maximum absolute atomic E-state index is 3.50. The fourth-order valence-electron chi connectivity index (χ4n) is 2.45. The van der Waals surface area contributed by atoms with Crippen LogP contribution in [0.3, 0.4) is 0 Å². The summed E-state index contributed by atoms with van der Waals surface area (Å²) in [5, 5.41) is 0. The first kappa shape index (κ1) is 11.4. The van der Waals surface area contributed by atoms with Crippen molar-refractivity contribution >= 4 is 19.2 Å². The molecule has 13 heavy (non-hydrogen) atoms. The molecule has 3 heteroatoms. The van der Waals surface area contributed by atoms with Crippen molar-refractivity contribution in [2.45, 2.75) is 57.2 Å². The summed E-state index contributed by atoms with van der Waals surface area (Å²) in [4.78, 5) is 0. The largest absolute Gasteiger partial charge is 0.261 e. The molecule has 0 aliphatic heterocycles. The summed E-state index contributed by atoms with van der Waals surface area (Å²) >= 11 is 1.78. The maximum Gasteiger partial charge on any atom is 0.126 e. The molecule has 0 heterocycles. The molecule has 0 aromatic heterocycles. The van der Waals surface area contributed by atoms with Crippen LogP contribution < -0.4 is 4.72 Å². The monoisotopic (exact) mass is 199 g/mol. The Morgan fingerprint density at radius 1 is 1.38 bits per heavy atom. The number of hydrogen-bond acceptors (Lipinski definition) is 2. The first-order chi connectivity index (χ1) is 6.22. The molecule has 76 valence electrons. The van der Waals surface area contributed by atoms with E-state index in [-0.39, 0.29) is 0 Å². The van der Waals surface area contributed by atoms with E-state index < -0.39 is 0 Å². The Hall–Kier alpha value is 0.375. The van der Waals surface area contributed by atoms with Crippen LogP contribution in [0, 0.1) is 0 Å². The lowest BCUT2D eigenvalue weighted by molar-refractivity contribution is 0.420. The molecule has 0 bridgehead atoms. The maximum atomic E-state index is 3.50. The van der Waals surface area contributed by atoms with Crippen LogP contribution in [0.1, 0.15) is 39.5 Å². The van der Waals surface area contributed by atoms with Crippen molar-refractivity contribution in [1.29, 1.82) is 0 Å². The number of nitrogens with one attached hydrogen (secondary N) is 1. The lowest BCUT2D eigenvalue weighted by atomic mass is 9.52. The molecule has 1 fully saturated rings. The van der Waals surface area contributed by atoms with Crippen LogP contribution in [-0.2, 0) is 0 Å². The molecule has 0 spiro atoms. The molecular weight excluding hydrogens is 177 g/mol. The summed E-state index contributed by atoms with van der Waals surface area (Å²) in [7, 11) is 1.42. The second-order valence-corrected chi connectivity index (χ2v) is 5.33. The summed E-state index contributed by atoms with van der Waals surface area (Å²) in [5.41, 5.74) is 0. The molecule has 1 aliphatic carbocycles. The van der Waals surface area contributed by atoms with Crippen LogP contribution in [0.15, 0.2) is 0 Å². The molecule has 0 aromatic carbocycles. The van der Waals surface area contributed by atoms with Gasteiger partial charge in [0.05, 0.1) is 0 Å². The predicted molar refractivity (Wildman–Crippen MR) is 64.9 cm³/mol. The molecule has 1 saturated carbocycles. The first-order valence-corrected chi connectivity index (χ1v) is 6.73. The normalized spacial score (nSPS) is 29.2. The Labute approximate surface area is 87.8 Å². The summed E-state index contributed by atoms with van der Waals surface area (Å²) < 4.78 is 3.50. The van der Waals surface area contributed by atoms with E-state index in [4.69, 9.17) is 0 Å². The molecule has 0 aromatic rings. The van der Waals surface area contributed by atoms with Gasteiger partial charge in [0.25, 0.3) is 0 Å². The lowest BCUT2D eigenvalue weighted by Gasteiger charge is -2.29. The molecule has 2 unspecified atom stereocenters. The van der Waals surface area contributed by atoms with E-state index in [9.17, 15) is 0 Å². The summed E-state index contributed by atoms with van der Waals surface area (Å²) in [5.74, 6) is 1.86. The number of rotatable bonds is 4. The molecule has 1 N–H and O–H groups in total. The van der Waals surface area contributed by atoms with Crippen LogP contribution in [0.25, 0.3) is 0 Å². The zero-order chi connectivity index (χ0) is 9.68. The highest BCUT2D eigenvalue weighted by Gasteiger charge is 2.22. The van der Waals surface area contributed by atoms with Gasteiger partial charge in [-0.05, 0) is 19.1 Å². The zero-order valence-electron chi connectivity index (χ0n) is 9.18. The van der Waals surface area contributed by atoms with Crippen molar-refractivity contribution in [3.05, 3.63) is 0 Å². The molecule has 1 nitrogen and oxygen atoms in total. The molecular formula is C10H22BNS. The van der Waals surface area contributed by atoms with Gasteiger partial charge in [-0.15, -0.1) is 0 Å². The van der Waals surface area contributed by atoms with Gasteiger partial charge < -0.3 is 0 Å². The van der Waals surface area contributed by atoms with Crippen LogP contribution in [0.2, 0.25) is 11.6 Å². The lowest BCUT2D eigenvalue weighted by Crippen LogP contribution is -2.29. The summed E-state index contributed by atoms with van der Waals surface area (Å²) in [6.07, 6.45) is 7.81. The third-order valence-electron chi connectivity index (χ3n) is 2.87. The zero-order valence-corrected chi connectivity index (χ0v) is 9.99. The van der Waals surface area contributed by atoms with Crippen molar-refractivity contribution in [2.75, 3.05) is 6.26 Å². The molecule has 1 aliphatic rings. The van der Waals surface area contributed by atoms with Gasteiger partial charge >= 0.3 is 0 Å². The van der Waals surface area contributed by atoms with E-state index in [1.54, 1.807) is 11.9 Å². The summed E-state index contributed by atoms with van der Waals surface area (Å²) in [6, 6.07) is 0.785. The van der Waals surface area contributed by atoms with Crippen LogP contribution in [-0.4, -0.2) is 19.6 Å². The Morgan fingerprint density at radius 3 is 2.77 bits per heavy atom. The highest BCUT2D eigenvalue weighted by molar-refractivity contribution is 7.96. The Morgan fingerprint density at radius 2 is 2.15 bits per heavy atom. The van der Waals surface area contributed by atoms with Gasteiger partial charge in [0.2, 0.25) is 0 Å². The van der Waals surface area contributed by atoms with Crippen molar-refractivity contribution in [3.63, 3.8) is 0 Å². The van der Waals surface area contributed by atoms with Gasteiger partial charge in [-0.25, -0.2) is 0 Å². The van der Waals surface area contributed by atoms with Crippen molar-refractivity contribution in [3.8, 4) is 0 Å². The summed E-state index contributed by atoms with van der Waals surface area (Å²) in [6.45, 7) is 4.68. The third kappa shape index (κ3) is 4.41. The van der Waals surface area contributed by atoms with E-state index in [0.29, 0.717) is 0 Å². The average molecular weight is 199 g/mol. The van der Waals surface area contributed by atoms with Gasteiger partial charge in [-0.3, -0.25) is 4.72 Å². The van der Waals surface area contributed by atoms with Crippen LogP contribution >= 0.6 is 11.9 Å². The van der Waals surface area contributed by atoms with Crippen molar-refractivity contribution in [2.24, 2.45) is 0 Å². The fraction of sp³-hybridized carbons (Fsp3) is 1.00. The van der Waals surface area contributed by atoms with E-state index in [0.717, 1.165) is 17.7 Å². The molecule has 2 atom stereocenters. The highest BCUT2D eigenvalue weighted by atomic mass is 32.2. The van der Waals surface area contributed by atoms with Gasteiger partial charge in [0, 0.05) is 6.04 Å². The molecule has 0 saturated heterocycles. The van der Waals surface area contributed by atoms with E-state index in [1.807, 2.05) is 0 Å². The van der Waals surface area contributed by atoms with Gasteiger partial charge in [-0.1, -0.05) is 50.3 Å². The quantitative estimate of drug-likeness (QED) is 0.552.